The first-order valence-corrected chi connectivity index (χ1v) is 9.04. The third-order valence-corrected chi connectivity index (χ3v) is 5.26. The van der Waals surface area contributed by atoms with Crippen molar-refractivity contribution in [3.8, 4) is 0 Å². The number of carbonyl (C=O) groups is 2. The maximum Gasteiger partial charge on any atom is 0.289 e. The first-order valence-electron chi connectivity index (χ1n) is 9.04. The molecule has 1 aromatic carbocycles. The van der Waals surface area contributed by atoms with Crippen LogP contribution in [0.2, 0.25) is 0 Å². The summed E-state index contributed by atoms with van der Waals surface area (Å²) < 4.78 is 5.21. The predicted octanol–water partition coefficient (Wildman–Crippen LogP) is 3.37. The van der Waals surface area contributed by atoms with Gasteiger partial charge < -0.3 is 9.32 Å². The molecule has 0 saturated carbocycles. The van der Waals surface area contributed by atoms with Crippen molar-refractivity contribution >= 4 is 11.7 Å². The van der Waals surface area contributed by atoms with E-state index in [0.29, 0.717) is 18.8 Å². The summed E-state index contributed by atoms with van der Waals surface area (Å²) in [6.07, 6.45) is 1.53. The summed E-state index contributed by atoms with van der Waals surface area (Å²) in [5, 5.41) is 0. The third kappa shape index (κ3) is 3.58. The van der Waals surface area contributed by atoms with Gasteiger partial charge in [-0.15, -0.1) is 0 Å². The fourth-order valence-corrected chi connectivity index (χ4v) is 3.90. The normalized spacial score (nSPS) is 15.3. The number of piperazine rings is 1. The van der Waals surface area contributed by atoms with Gasteiger partial charge in [0.2, 0.25) is 0 Å². The topological polar surface area (TPSA) is 53.8 Å². The van der Waals surface area contributed by atoms with Crippen molar-refractivity contribution in [3.05, 3.63) is 58.0 Å². The molecule has 0 N–H and O–H groups in total. The van der Waals surface area contributed by atoms with E-state index in [1.165, 1.54) is 17.4 Å². The number of hydrogen-bond acceptors (Lipinski definition) is 4. The van der Waals surface area contributed by atoms with Crippen molar-refractivity contribution in [3.63, 3.8) is 0 Å². The molecule has 0 unspecified atom stereocenters. The van der Waals surface area contributed by atoms with E-state index in [1.54, 1.807) is 19.1 Å². The zero-order valence-corrected chi connectivity index (χ0v) is 16.0. The Morgan fingerprint density at radius 3 is 2.35 bits per heavy atom. The summed E-state index contributed by atoms with van der Waals surface area (Å²) in [6, 6.07) is 5.55. The van der Waals surface area contributed by atoms with Crippen LogP contribution in [-0.4, -0.2) is 47.7 Å². The quantitative estimate of drug-likeness (QED) is 0.790. The average molecular weight is 354 g/mol. The summed E-state index contributed by atoms with van der Waals surface area (Å²) in [5.74, 6) is 0.473. The van der Waals surface area contributed by atoms with Crippen LogP contribution in [0.1, 0.15) is 50.1 Å². The maximum atomic E-state index is 12.4. The highest BCUT2D eigenvalue weighted by molar-refractivity contribution is 5.97. The number of hydrogen-bond donors (Lipinski definition) is 0. The van der Waals surface area contributed by atoms with E-state index < -0.39 is 0 Å². The van der Waals surface area contributed by atoms with E-state index >= 15 is 0 Å². The second-order valence-corrected chi connectivity index (χ2v) is 7.09. The lowest BCUT2D eigenvalue weighted by Crippen LogP contribution is -2.48. The van der Waals surface area contributed by atoms with Crippen LogP contribution in [0.5, 0.6) is 0 Å². The van der Waals surface area contributed by atoms with Gasteiger partial charge in [0.25, 0.3) is 5.91 Å². The van der Waals surface area contributed by atoms with Gasteiger partial charge in [0.15, 0.2) is 11.5 Å². The SMILES string of the molecule is CC(=O)c1c(C)cc(C)c(CN2CCN(C(=O)c3ccco3)CC2)c1C. The Hall–Kier alpha value is -2.40. The third-order valence-electron chi connectivity index (χ3n) is 5.26. The molecule has 5 nitrogen and oxygen atoms in total. The van der Waals surface area contributed by atoms with Crippen LogP contribution in [-0.2, 0) is 6.54 Å². The van der Waals surface area contributed by atoms with E-state index in [1.807, 2.05) is 18.7 Å². The summed E-state index contributed by atoms with van der Waals surface area (Å²) in [5.41, 5.74) is 5.43. The number of furan rings is 1. The van der Waals surface area contributed by atoms with Crippen molar-refractivity contribution in [1.29, 1.82) is 0 Å². The minimum absolute atomic E-state index is 0.0452. The fourth-order valence-electron chi connectivity index (χ4n) is 3.90. The lowest BCUT2D eigenvalue weighted by molar-refractivity contribution is 0.0597. The number of ketones is 1. The molecule has 0 bridgehead atoms. The molecule has 26 heavy (non-hydrogen) atoms. The number of aryl methyl sites for hydroxylation is 2. The van der Waals surface area contributed by atoms with Crippen LogP contribution in [0.3, 0.4) is 0 Å². The van der Waals surface area contributed by atoms with Gasteiger partial charge in [-0.1, -0.05) is 6.07 Å². The minimum atomic E-state index is -0.0452. The van der Waals surface area contributed by atoms with Crippen molar-refractivity contribution in [1.82, 2.24) is 9.80 Å². The minimum Gasteiger partial charge on any atom is -0.459 e. The lowest BCUT2D eigenvalue weighted by Gasteiger charge is -2.35. The molecular formula is C21H26N2O3. The Kier molecular flexibility index (Phi) is 5.28. The second-order valence-electron chi connectivity index (χ2n) is 7.09. The van der Waals surface area contributed by atoms with E-state index in [0.717, 1.165) is 36.3 Å². The van der Waals surface area contributed by atoms with Gasteiger partial charge in [0.05, 0.1) is 6.26 Å². The lowest BCUT2D eigenvalue weighted by atomic mass is 9.91. The highest BCUT2D eigenvalue weighted by atomic mass is 16.3. The van der Waals surface area contributed by atoms with Crippen LogP contribution < -0.4 is 0 Å². The number of rotatable bonds is 4. The Morgan fingerprint density at radius 1 is 1.08 bits per heavy atom. The summed E-state index contributed by atoms with van der Waals surface area (Å²) in [7, 11) is 0. The Morgan fingerprint density at radius 2 is 1.77 bits per heavy atom. The van der Waals surface area contributed by atoms with Crippen LogP contribution >= 0.6 is 0 Å². The summed E-state index contributed by atoms with van der Waals surface area (Å²) in [6.45, 7) is 11.6. The molecule has 1 amide bonds. The summed E-state index contributed by atoms with van der Waals surface area (Å²) in [4.78, 5) is 28.6. The molecule has 1 aromatic heterocycles. The molecule has 3 rings (SSSR count). The fraction of sp³-hybridized carbons (Fsp3) is 0.429. The first kappa shape index (κ1) is 18.4. The van der Waals surface area contributed by atoms with Gasteiger partial charge in [-0.25, -0.2) is 0 Å². The summed E-state index contributed by atoms with van der Waals surface area (Å²) >= 11 is 0. The van der Waals surface area contributed by atoms with Crippen molar-refractivity contribution in [2.45, 2.75) is 34.2 Å². The van der Waals surface area contributed by atoms with Crippen molar-refractivity contribution in [2.75, 3.05) is 26.2 Å². The molecule has 2 aromatic rings. The molecule has 1 fully saturated rings. The number of Topliss-reactive ketones (excluding diaryl/α,β-unsaturated/α-hetero) is 1. The standard InChI is InChI=1S/C21H26N2O3/c1-14-12-15(2)20(17(4)24)16(3)18(14)13-22-7-9-23(10-8-22)21(25)19-6-5-11-26-19/h5-6,11-12H,7-10,13H2,1-4H3. The van der Waals surface area contributed by atoms with E-state index in [9.17, 15) is 9.59 Å². The van der Waals surface area contributed by atoms with Crippen LogP contribution in [0.4, 0.5) is 0 Å². The molecule has 0 aliphatic carbocycles. The van der Waals surface area contributed by atoms with E-state index in [4.69, 9.17) is 4.42 Å². The zero-order chi connectivity index (χ0) is 18.8. The van der Waals surface area contributed by atoms with Gasteiger partial charge in [-0.2, -0.15) is 0 Å². The van der Waals surface area contributed by atoms with E-state index in [2.05, 4.69) is 17.9 Å². The van der Waals surface area contributed by atoms with Crippen LogP contribution in [0, 0.1) is 20.8 Å². The van der Waals surface area contributed by atoms with Gasteiger partial charge in [-0.3, -0.25) is 14.5 Å². The molecule has 138 valence electrons. The highest BCUT2D eigenvalue weighted by Crippen LogP contribution is 2.24. The molecule has 1 aliphatic heterocycles. The predicted molar refractivity (Wildman–Crippen MR) is 101 cm³/mol. The number of amides is 1. The molecule has 1 aliphatic rings. The molecular weight excluding hydrogens is 328 g/mol. The molecule has 0 radical (unpaired) electrons. The molecule has 1 saturated heterocycles. The Balaban J connectivity index is 1.69. The molecule has 5 heteroatoms. The maximum absolute atomic E-state index is 12.4. The van der Waals surface area contributed by atoms with Crippen LogP contribution in [0.15, 0.2) is 28.9 Å². The molecule has 0 spiro atoms. The van der Waals surface area contributed by atoms with Crippen molar-refractivity contribution in [2.24, 2.45) is 0 Å². The van der Waals surface area contributed by atoms with Gasteiger partial charge >= 0.3 is 0 Å². The Bertz CT molecular complexity index is 816. The van der Waals surface area contributed by atoms with Gasteiger partial charge in [0, 0.05) is 38.3 Å². The monoisotopic (exact) mass is 354 g/mol. The number of carbonyl (C=O) groups excluding carboxylic acids is 2. The van der Waals surface area contributed by atoms with Gasteiger partial charge in [-0.05, 0) is 62.1 Å². The average Bonchev–Trinajstić information content (AvgIpc) is 3.12. The zero-order valence-electron chi connectivity index (χ0n) is 16.0. The first-order chi connectivity index (χ1) is 12.4. The Labute approximate surface area is 154 Å². The second kappa shape index (κ2) is 7.46. The van der Waals surface area contributed by atoms with Crippen LogP contribution in [0.25, 0.3) is 0 Å². The van der Waals surface area contributed by atoms with Crippen molar-refractivity contribution < 1.29 is 14.0 Å². The molecule has 2 heterocycles. The molecule has 0 atom stereocenters. The number of nitrogens with zero attached hydrogens (tertiary/aromatic N) is 2. The smallest absolute Gasteiger partial charge is 0.289 e. The highest BCUT2D eigenvalue weighted by Gasteiger charge is 2.24. The van der Waals surface area contributed by atoms with Gasteiger partial charge in [0.1, 0.15) is 0 Å². The largest absolute Gasteiger partial charge is 0.459 e. The van der Waals surface area contributed by atoms with E-state index in [-0.39, 0.29) is 11.7 Å². The number of benzene rings is 1.